The maximum atomic E-state index is 11.5. The molecule has 3 heteroatoms. The fourth-order valence-corrected chi connectivity index (χ4v) is 1.84. The summed E-state index contributed by atoms with van der Waals surface area (Å²) >= 11 is 0. The molecule has 1 aromatic rings. The van der Waals surface area contributed by atoms with Crippen LogP contribution in [0.25, 0.3) is 0 Å². The van der Waals surface area contributed by atoms with E-state index in [0.717, 1.165) is 24.4 Å². The van der Waals surface area contributed by atoms with Gasteiger partial charge in [0.05, 0.1) is 0 Å². The Balaban J connectivity index is 1.54. The molecule has 1 aliphatic carbocycles. The van der Waals surface area contributed by atoms with Crippen LogP contribution in [0.5, 0.6) is 0 Å². The lowest BCUT2D eigenvalue weighted by atomic mass is 10.2. The summed E-state index contributed by atoms with van der Waals surface area (Å²) in [7, 11) is 0. The van der Waals surface area contributed by atoms with Crippen LogP contribution in [0.1, 0.15) is 31.2 Å². The molecule has 0 radical (unpaired) electrons. The molecule has 1 aliphatic rings. The number of amides is 2. The predicted octanol–water partition coefficient (Wildman–Crippen LogP) is 2.68. The van der Waals surface area contributed by atoms with Gasteiger partial charge in [0.15, 0.2) is 0 Å². The van der Waals surface area contributed by atoms with Crippen molar-refractivity contribution >= 4 is 6.03 Å². The van der Waals surface area contributed by atoms with Crippen molar-refractivity contribution < 1.29 is 4.79 Å². The van der Waals surface area contributed by atoms with Gasteiger partial charge in [0.1, 0.15) is 0 Å². The quantitative estimate of drug-likeness (QED) is 0.727. The average Bonchev–Trinajstić information content (AvgIpc) is 3.17. The molecule has 0 saturated heterocycles. The van der Waals surface area contributed by atoms with E-state index in [4.69, 9.17) is 0 Å². The second-order valence-corrected chi connectivity index (χ2v) is 4.68. The van der Waals surface area contributed by atoms with Crippen LogP contribution >= 0.6 is 0 Å². The third-order valence-electron chi connectivity index (χ3n) is 3.07. The Labute approximate surface area is 103 Å². The Morgan fingerprint density at radius 3 is 2.65 bits per heavy atom. The summed E-state index contributed by atoms with van der Waals surface area (Å²) in [6.45, 7) is 1.38. The number of hydrogen-bond donors (Lipinski definition) is 2. The van der Waals surface area contributed by atoms with Crippen molar-refractivity contribution in [1.29, 1.82) is 0 Å². The maximum absolute atomic E-state index is 11.5. The fraction of sp³-hybridized carbons (Fsp3) is 0.500. The van der Waals surface area contributed by atoms with Gasteiger partial charge in [-0.15, -0.1) is 0 Å². The summed E-state index contributed by atoms with van der Waals surface area (Å²) in [6.07, 6.45) is 5.14. The smallest absolute Gasteiger partial charge is 0.315 e. The van der Waals surface area contributed by atoms with E-state index in [1.54, 1.807) is 0 Å². The normalized spacial score (nSPS) is 14.4. The first-order chi connectivity index (χ1) is 8.34. The first-order valence-electron chi connectivity index (χ1n) is 6.40. The fourth-order valence-electron chi connectivity index (χ4n) is 1.84. The van der Waals surface area contributed by atoms with Gasteiger partial charge in [0, 0.05) is 13.1 Å². The SMILES string of the molecule is O=C(NCCCC1CC1)NCc1ccccc1. The number of urea groups is 1. The van der Waals surface area contributed by atoms with Crippen LogP contribution in [0, 0.1) is 5.92 Å². The Kier molecular flexibility index (Phi) is 4.42. The van der Waals surface area contributed by atoms with Crippen molar-refractivity contribution in [2.24, 2.45) is 5.92 Å². The van der Waals surface area contributed by atoms with Gasteiger partial charge < -0.3 is 10.6 Å². The van der Waals surface area contributed by atoms with Crippen molar-refractivity contribution in [2.75, 3.05) is 6.54 Å². The van der Waals surface area contributed by atoms with Crippen LogP contribution in [0.2, 0.25) is 0 Å². The molecule has 0 atom stereocenters. The van der Waals surface area contributed by atoms with Crippen LogP contribution in [0.15, 0.2) is 30.3 Å². The summed E-state index contributed by atoms with van der Waals surface area (Å²) in [4.78, 5) is 11.5. The molecule has 2 rings (SSSR count). The van der Waals surface area contributed by atoms with E-state index in [0.29, 0.717) is 6.54 Å². The lowest BCUT2D eigenvalue weighted by Gasteiger charge is -2.07. The number of nitrogens with one attached hydrogen (secondary N) is 2. The Bertz CT molecular complexity index is 346. The van der Waals surface area contributed by atoms with Crippen molar-refractivity contribution in [3.05, 3.63) is 35.9 Å². The minimum Gasteiger partial charge on any atom is -0.338 e. The third kappa shape index (κ3) is 4.89. The van der Waals surface area contributed by atoms with E-state index in [-0.39, 0.29) is 6.03 Å². The molecular formula is C14H20N2O. The Hall–Kier alpha value is -1.51. The zero-order chi connectivity index (χ0) is 11.9. The molecule has 92 valence electrons. The topological polar surface area (TPSA) is 41.1 Å². The second-order valence-electron chi connectivity index (χ2n) is 4.68. The number of benzene rings is 1. The zero-order valence-electron chi connectivity index (χ0n) is 10.1. The molecular weight excluding hydrogens is 212 g/mol. The Morgan fingerprint density at radius 1 is 1.18 bits per heavy atom. The maximum Gasteiger partial charge on any atom is 0.315 e. The standard InChI is InChI=1S/C14H20N2O/c17-14(15-10-4-7-12-8-9-12)16-11-13-5-2-1-3-6-13/h1-3,5-6,12H,4,7-11H2,(H2,15,16,17). The van der Waals surface area contributed by atoms with Crippen molar-refractivity contribution in [3.63, 3.8) is 0 Å². The van der Waals surface area contributed by atoms with Gasteiger partial charge in [-0.3, -0.25) is 0 Å². The minimum atomic E-state index is -0.0651. The van der Waals surface area contributed by atoms with Gasteiger partial charge in [-0.25, -0.2) is 4.79 Å². The van der Waals surface area contributed by atoms with E-state index in [1.807, 2.05) is 30.3 Å². The minimum absolute atomic E-state index is 0.0651. The lowest BCUT2D eigenvalue weighted by molar-refractivity contribution is 0.240. The van der Waals surface area contributed by atoms with E-state index >= 15 is 0 Å². The molecule has 0 unspecified atom stereocenters. The molecule has 1 saturated carbocycles. The molecule has 0 aliphatic heterocycles. The molecule has 2 N–H and O–H groups in total. The molecule has 0 bridgehead atoms. The number of carbonyl (C=O) groups excluding carboxylic acids is 1. The number of hydrogen-bond acceptors (Lipinski definition) is 1. The molecule has 1 aromatic carbocycles. The molecule has 3 nitrogen and oxygen atoms in total. The highest BCUT2D eigenvalue weighted by Gasteiger charge is 2.19. The van der Waals surface area contributed by atoms with Crippen molar-refractivity contribution in [2.45, 2.75) is 32.2 Å². The summed E-state index contributed by atoms with van der Waals surface area (Å²) in [5, 5.41) is 5.74. The second kappa shape index (κ2) is 6.28. The highest BCUT2D eigenvalue weighted by atomic mass is 16.2. The predicted molar refractivity (Wildman–Crippen MR) is 68.6 cm³/mol. The summed E-state index contributed by atoms with van der Waals surface area (Å²) < 4.78 is 0. The van der Waals surface area contributed by atoms with Crippen LogP contribution in [-0.2, 0) is 6.54 Å². The van der Waals surface area contributed by atoms with Crippen molar-refractivity contribution in [1.82, 2.24) is 10.6 Å². The highest BCUT2D eigenvalue weighted by Crippen LogP contribution is 2.33. The van der Waals surface area contributed by atoms with Crippen LogP contribution in [0.3, 0.4) is 0 Å². The summed E-state index contributed by atoms with van der Waals surface area (Å²) in [6, 6.07) is 9.88. The number of rotatable bonds is 6. The molecule has 1 fully saturated rings. The summed E-state index contributed by atoms with van der Waals surface area (Å²) in [5.41, 5.74) is 1.13. The molecule has 17 heavy (non-hydrogen) atoms. The monoisotopic (exact) mass is 232 g/mol. The average molecular weight is 232 g/mol. The molecule has 2 amide bonds. The zero-order valence-corrected chi connectivity index (χ0v) is 10.1. The lowest BCUT2D eigenvalue weighted by Crippen LogP contribution is -2.35. The number of carbonyl (C=O) groups is 1. The van der Waals surface area contributed by atoms with Gasteiger partial charge in [-0.2, -0.15) is 0 Å². The van der Waals surface area contributed by atoms with Gasteiger partial charge in [0.25, 0.3) is 0 Å². The highest BCUT2D eigenvalue weighted by molar-refractivity contribution is 5.73. The Morgan fingerprint density at radius 2 is 1.94 bits per heavy atom. The summed E-state index contributed by atoms with van der Waals surface area (Å²) in [5.74, 6) is 0.948. The largest absolute Gasteiger partial charge is 0.338 e. The molecule has 0 heterocycles. The van der Waals surface area contributed by atoms with E-state index < -0.39 is 0 Å². The van der Waals surface area contributed by atoms with Gasteiger partial charge in [-0.1, -0.05) is 43.2 Å². The van der Waals surface area contributed by atoms with Crippen molar-refractivity contribution in [3.8, 4) is 0 Å². The third-order valence-corrected chi connectivity index (χ3v) is 3.07. The molecule has 0 aromatic heterocycles. The van der Waals surface area contributed by atoms with E-state index in [9.17, 15) is 4.79 Å². The first kappa shape index (κ1) is 12.0. The van der Waals surface area contributed by atoms with Crippen LogP contribution in [0.4, 0.5) is 4.79 Å². The van der Waals surface area contributed by atoms with Crippen LogP contribution in [-0.4, -0.2) is 12.6 Å². The van der Waals surface area contributed by atoms with Crippen LogP contribution < -0.4 is 10.6 Å². The van der Waals surface area contributed by atoms with E-state index in [1.165, 1.54) is 19.3 Å². The van der Waals surface area contributed by atoms with Gasteiger partial charge in [0.2, 0.25) is 0 Å². The first-order valence-corrected chi connectivity index (χ1v) is 6.40. The van der Waals surface area contributed by atoms with Gasteiger partial charge in [-0.05, 0) is 24.3 Å². The van der Waals surface area contributed by atoms with Gasteiger partial charge >= 0.3 is 6.03 Å². The molecule has 0 spiro atoms. The van der Waals surface area contributed by atoms with E-state index in [2.05, 4.69) is 10.6 Å².